The SMILES string of the molecule is CCC(N)(CCc1ccc(OC)cc1)COC. The zero-order valence-corrected chi connectivity index (χ0v) is 11.0. The molecule has 1 unspecified atom stereocenters. The van der Waals surface area contributed by atoms with Crippen LogP contribution in [0.3, 0.4) is 0 Å². The number of hydrogen-bond donors (Lipinski definition) is 1. The van der Waals surface area contributed by atoms with Crippen molar-refractivity contribution in [3.05, 3.63) is 29.8 Å². The maximum Gasteiger partial charge on any atom is 0.118 e. The fourth-order valence-corrected chi connectivity index (χ4v) is 1.82. The van der Waals surface area contributed by atoms with E-state index in [0.29, 0.717) is 6.61 Å². The van der Waals surface area contributed by atoms with Gasteiger partial charge in [0.05, 0.1) is 13.7 Å². The second kappa shape index (κ2) is 6.62. The van der Waals surface area contributed by atoms with Gasteiger partial charge >= 0.3 is 0 Å². The predicted molar refractivity (Wildman–Crippen MR) is 70.4 cm³/mol. The normalized spacial score (nSPS) is 14.4. The highest BCUT2D eigenvalue weighted by Gasteiger charge is 2.22. The molecule has 0 aliphatic carbocycles. The molecular weight excluding hydrogens is 214 g/mol. The number of ether oxygens (including phenoxy) is 2. The molecule has 0 saturated heterocycles. The third-order valence-electron chi connectivity index (χ3n) is 3.21. The summed E-state index contributed by atoms with van der Waals surface area (Å²) >= 11 is 0. The van der Waals surface area contributed by atoms with Crippen LogP contribution in [0, 0.1) is 0 Å². The van der Waals surface area contributed by atoms with E-state index in [1.54, 1.807) is 14.2 Å². The van der Waals surface area contributed by atoms with Gasteiger partial charge in [0.25, 0.3) is 0 Å². The Kier molecular flexibility index (Phi) is 5.45. The Morgan fingerprint density at radius 1 is 1.18 bits per heavy atom. The van der Waals surface area contributed by atoms with Gasteiger partial charge in [0.2, 0.25) is 0 Å². The minimum Gasteiger partial charge on any atom is -0.497 e. The molecule has 17 heavy (non-hydrogen) atoms. The van der Waals surface area contributed by atoms with Gasteiger partial charge in [0.15, 0.2) is 0 Å². The quantitative estimate of drug-likeness (QED) is 0.792. The smallest absolute Gasteiger partial charge is 0.118 e. The van der Waals surface area contributed by atoms with E-state index >= 15 is 0 Å². The van der Waals surface area contributed by atoms with Crippen LogP contribution in [-0.4, -0.2) is 26.4 Å². The molecular formula is C14H23NO2. The van der Waals surface area contributed by atoms with E-state index in [-0.39, 0.29) is 5.54 Å². The van der Waals surface area contributed by atoms with Crippen molar-refractivity contribution in [2.75, 3.05) is 20.8 Å². The highest BCUT2D eigenvalue weighted by Crippen LogP contribution is 2.18. The van der Waals surface area contributed by atoms with Crippen molar-refractivity contribution in [2.24, 2.45) is 5.73 Å². The molecule has 0 aromatic heterocycles. The zero-order chi connectivity index (χ0) is 12.7. The Hall–Kier alpha value is -1.06. The topological polar surface area (TPSA) is 44.5 Å². The molecule has 1 rings (SSSR count). The van der Waals surface area contributed by atoms with Crippen molar-refractivity contribution >= 4 is 0 Å². The summed E-state index contributed by atoms with van der Waals surface area (Å²) in [5.74, 6) is 0.889. The Morgan fingerprint density at radius 2 is 1.82 bits per heavy atom. The van der Waals surface area contributed by atoms with Crippen LogP contribution in [0.5, 0.6) is 5.75 Å². The lowest BCUT2D eigenvalue weighted by Crippen LogP contribution is -2.44. The Morgan fingerprint density at radius 3 is 2.29 bits per heavy atom. The van der Waals surface area contributed by atoms with Crippen molar-refractivity contribution in [2.45, 2.75) is 31.7 Å². The van der Waals surface area contributed by atoms with Gasteiger partial charge in [-0.2, -0.15) is 0 Å². The highest BCUT2D eigenvalue weighted by atomic mass is 16.5. The summed E-state index contributed by atoms with van der Waals surface area (Å²) in [4.78, 5) is 0. The number of nitrogens with two attached hydrogens (primary N) is 1. The summed E-state index contributed by atoms with van der Waals surface area (Å²) in [5, 5.41) is 0. The molecule has 0 aliphatic rings. The van der Waals surface area contributed by atoms with Gasteiger partial charge in [0, 0.05) is 12.6 Å². The van der Waals surface area contributed by atoms with Crippen molar-refractivity contribution in [3.8, 4) is 5.75 Å². The first-order valence-corrected chi connectivity index (χ1v) is 6.04. The van der Waals surface area contributed by atoms with Gasteiger partial charge in [-0.25, -0.2) is 0 Å². The Labute approximate surface area is 104 Å². The van der Waals surface area contributed by atoms with Crippen LogP contribution in [0.1, 0.15) is 25.3 Å². The summed E-state index contributed by atoms with van der Waals surface area (Å²) in [7, 11) is 3.38. The van der Waals surface area contributed by atoms with E-state index in [4.69, 9.17) is 15.2 Å². The zero-order valence-electron chi connectivity index (χ0n) is 11.0. The third-order valence-corrected chi connectivity index (χ3v) is 3.21. The average molecular weight is 237 g/mol. The van der Waals surface area contributed by atoms with E-state index < -0.39 is 0 Å². The van der Waals surface area contributed by atoms with Crippen molar-refractivity contribution in [1.82, 2.24) is 0 Å². The van der Waals surface area contributed by atoms with E-state index in [2.05, 4.69) is 19.1 Å². The fraction of sp³-hybridized carbons (Fsp3) is 0.571. The van der Waals surface area contributed by atoms with Crippen LogP contribution in [0.4, 0.5) is 0 Å². The number of methoxy groups -OCH3 is 2. The number of hydrogen-bond acceptors (Lipinski definition) is 3. The Bertz CT molecular complexity index is 323. The van der Waals surface area contributed by atoms with Crippen LogP contribution < -0.4 is 10.5 Å². The molecule has 1 aromatic rings. The lowest BCUT2D eigenvalue weighted by Gasteiger charge is -2.27. The van der Waals surface area contributed by atoms with Crippen LogP contribution in [0.15, 0.2) is 24.3 Å². The number of rotatable bonds is 7. The molecule has 0 heterocycles. The molecule has 0 amide bonds. The molecule has 0 saturated carbocycles. The average Bonchev–Trinajstić information content (AvgIpc) is 2.37. The first kappa shape index (κ1) is 14.0. The summed E-state index contributed by atoms with van der Waals surface area (Å²) < 4.78 is 10.3. The van der Waals surface area contributed by atoms with Crippen molar-refractivity contribution in [1.29, 1.82) is 0 Å². The van der Waals surface area contributed by atoms with Crippen LogP contribution in [0.25, 0.3) is 0 Å². The molecule has 0 aliphatic heterocycles. The molecule has 0 bridgehead atoms. The van der Waals surface area contributed by atoms with Gasteiger partial charge in [0.1, 0.15) is 5.75 Å². The third kappa shape index (κ3) is 4.36. The standard InChI is InChI=1S/C14H23NO2/c1-4-14(15,11-16-2)10-9-12-5-7-13(17-3)8-6-12/h5-8H,4,9-11,15H2,1-3H3. The minimum absolute atomic E-state index is 0.214. The van der Waals surface area contributed by atoms with E-state index in [1.807, 2.05) is 12.1 Å². The first-order chi connectivity index (χ1) is 8.13. The van der Waals surface area contributed by atoms with Gasteiger partial charge in [-0.3, -0.25) is 0 Å². The summed E-state index contributed by atoms with van der Waals surface area (Å²) in [6, 6.07) is 8.13. The summed E-state index contributed by atoms with van der Waals surface area (Å²) in [5.41, 5.74) is 7.33. The van der Waals surface area contributed by atoms with Crippen molar-refractivity contribution in [3.63, 3.8) is 0 Å². The summed E-state index contributed by atoms with van der Waals surface area (Å²) in [6.07, 6.45) is 2.83. The van der Waals surface area contributed by atoms with E-state index in [9.17, 15) is 0 Å². The van der Waals surface area contributed by atoms with Crippen LogP contribution in [0.2, 0.25) is 0 Å². The lowest BCUT2D eigenvalue weighted by atomic mass is 9.90. The maximum absolute atomic E-state index is 6.26. The van der Waals surface area contributed by atoms with E-state index in [1.165, 1.54) is 5.56 Å². The molecule has 0 radical (unpaired) electrons. The molecule has 1 aromatic carbocycles. The van der Waals surface area contributed by atoms with Gasteiger partial charge in [-0.05, 0) is 37.0 Å². The molecule has 0 spiro atoms. The summed E-state index contributed by atoms with van der Waals surface area (Å²) in [6.45, 7) is 2.71. The van der Waals surface area contributed by atoms with Crippen molar-refractivity contribution < 1.29 is 9.47 Å². The largest absolute Gasteiger partial charge is 0.497 e. The second-order valence-corrected chi connectivity index (χ2v) is 4.50. The second-order valence-electron chi connectivity index (χ2n) is 4.50. The van der Waals surface area contributed by atoms with Crippen LogP contribution >= 0.6 is 0 Å². The Balaban J connectivity index is 2.53. The molecule has 96 valence electrons. The first-order valence-electron chi connectivity index (χ1n) is 6.04. The number of aryl methyl sites for hydroxylation is 1. The van der Waals surface area contributed by atoms with Gasteiger partial charge < -0.3 is 15.2 Å². The van der Waals surface area contributed by atoms with E-state index in [0.717, 1.165) is 25.0 Å². The molecule has 1 atom stereocenters. The minimum atomic E-state index is -0.214. The molecule has 3 nitrogen and oxygen atoms in total. The maximum atomic E-state index is 6.26. The fourth-order valence-electron chi connectivity index (χ4n) is 1.82. The molecule has 0 fully saturated rings. The lowest BCUT2D eigenvalue weighted by molar-refractivity contribution is 0.124. The van der Waals surface area contributed by atoms with Gasteiger partial charge in [-0.1, -0.05) is 19.1 Å². The monoisotopic (exact) mass is 237 g/mol. The van der Waals surface area contributed by atoms with Gasteiger partial charge in [-0.15, -0.1) is 0 Å². The molecule has 2 N–H and O–H groups in total. The number of benzene rings is 1. The molecule has 3 heteroatoms. The van der Waals surface area contributed by atoms with Crippen LogP contribution in [-0.2, 0) is 11.2 Å². The predicted octanol–water partition coefficient (Wildman–Crippen LogP) is 2.38. The highest BCUT2D eigenvalue weighted by molar-refractivity contribution is 5.27.